The molecule has 0 aliphatic carbocycles. The van der Waals surface area contributed by atoms with Gasteiger partial charge in [-0.15, -0.1) is 0 Å². The fourth-order valence-electron chi connectivity index (χ4n) is 2.16. The Balaban J connectivity index is 1.99. The Labute approximate surface area is 155 Å². The van der Waals surface area contributed by atoms with Crippen molar-refractivity contribution in [1.29, 1.82) is 0 Å². The quantitative estimate of drug-likeness (QED) is 0.386. The summed E-state index contributed by atoms with van der Waals surface area (Å²) in [6, 6.07) is 12.1. The summed E-state index contributed by atoms with van der Waals surface area (Å²) < 4.78 is 6.47. The van der Waals surface area contributed by atoms with E-state index in [0.29, 0.717) is 11.1 Å². The summed E-state index contributed by atoms with van der Waals surface area (Å²) in [6.45, 7) is 2.79. The van der Waals surface area contributed by atoms with Crippen molar-refractivity contribution in [2.24, 2.45) is 5.10 Å². The average molecular weight is 405 g/mol. The number of nitrogens with zero attached hydrogens (tertiary/aromatic N) is 1. The molecule has 5 nitrogen and oxygen atoms in total. The van der Waals surface area contributed by atoms with Crippen molar-refractivity contribution in [3.63, 3.8) is 0 Å². The molecule has 2 N–H and O–H groups in total. The van der Waals surface area contributed by atoms with Gasteiger partial charge in [0, 0.05) is 10.0 Å². The van der Waals surface area contributed by atoms with E-state index in [2.05, 4.69) is 33.4 Å². The zero-order valence-electron chi connectivity index (χ0n) is 14.0. The maximum atomic E-state index is 12.1. The summed E-state index contributed by atoms with van der Waals surface area (Å²) in [5.41, 5.74) is 3.34. The lowest BCUT2D eigenvalue weighted by molar-refractivity contribution is 0.0952. The number of nitrogens with one attached hydrogen (secondary N) is 1. The van der Waals surface area contributed by atoms with E-state index in [0.717, 1.165) is 30.6 Å². The topological polar surface area (TPSA) is 70.9 Å². The van der Waals surface area contributed by atoms with Crippen molar-refractivity contribution in [1.82, 2.24) is 5.43 Å². The molecule has 0 atom stereocenters. The standard InChI is InChI=1S/C19H21BrN2O3/c1-2-3-6-11-25-18-8-5-4-7-14(18)13-21-22-19(24)16-12-15(20)9-10-17(16)23/h4-5,7-10,12-13,23H,2-3,6,11H2,1H3,(H,22,24). The predicted octanol–water partition coefficient (Wildman–Crippen LogP) is 4.49. The predicted molar refractivity (Wildman–Crippen MR) is 102 cm³/mol. The van der Waals surface area contributed by atoms with Crippen LogP contribution in [0.25, 0.3) is 0 Å². The van der Waals surface area contributed by atoms with Crippen LogP contribution in [0.2, 0.25) is 0 Å². The molecule has 2 aromatic carbocycles. The number of carbonyl (C=O) groups is 1. The molecule has 25 heavy (non-hydrogen) atoms. The second-order valence-corrected chi connectivity index (χ2v) is 6.37. The number of phenolic OH excluding ortho intramolecular Hbond substituents is 1. The molecule has 0 radical (unpaired) electrons. The Kier molecular flexibility index (Phi) is 7.47. The van der Waals surface area contributed by atoms with Gasteiger partial charge in [0.25, 0.3) is 5.91 Å². The van der Waals surface area contributed by atoms with Gasteiger partial charge in [-0.2, -0.15) is 5.10 Å². The molecule has 0 bridgehead atoms. The summed E-state index contributed by atoms with van der Waals surface area (Å²) in [7, 11) is 0. The third-order valence-corrected chi connectivity index (χ3v) is 3.99. The summed E-state index contributed by atoms with van der Waals surface area (Å²) in [6.07, 6.45) is 4.80. The normalized spacial score (nSPS) is 10.8. The molecule has 0 aromatic heterocycles. The number of halogens is 1. The monoisotopic (exact) mass is 404 g/mol. The van der Waals surface area contributed by atoms with Gasteiger partial charge in [0.05, 0.1) is 18.4 Å². The summed E-state index contributed by atoms with van der Waals surface area (Å²) in [5.74, 6) is 0.133. The molecule has 0 saturated carbocycles. The molecular weight excluding hydrogens is 384 g/mol. The number of ether oxygens (including phenoxy) is 1. The highest BCUT2D eigenvalue weighted by Gasteiger charge is 2.10. The van der Waals surface area contributed by atoms with E-state index in [1.165, 1.54) is 18.3 Å². The lowest BCUT2D eigenvalue weighted by Crippen LogP contribution is -2.17. The Morgan fingerprint density at radius 1 is 1.28 bits per heavy atom. The minimum absolute atomic E-state index is 0.101. The lowest BCUT2D eigenvalue weighted by atomic mass is 10.2. The minimum atomic E-state index is -0.489. The molecule has 1 amide bonds. The molecule has 0 fully saturated rings. The van der Waals surface area contributed by atoms with Crippen LogP contribution in [-0.4, -0.2) is 23.8 Å². The molecule has 6 heteroatoms. The largest absolute Gasteiger partial charge is 0.507 e. The number of unbranched alkanes of at least 4 members (excludes halogenated alkanes) is 2. The van der Waals surface area contributed by atoms with Crippen molar-refractivity contribution in [2.45, 2.75) is 26.2 Å². The molecule has 0 aliphatic rings. The summed E-state index contributed by atoms with van der Waals surface area (Å²) in [4.78, 5) is 12.1. The van der Waals surface area contributed by atoms with E-state index < -0.39 is 5.91 Å². The van der Waals surface area contributed by atoms with Gasteiger partial charge >= 0.3 is 0 Å². The molecule has 132 valence electrons. The van der Waals surface area contributed by atoms with Crippen molar-refractivity contribution < 1.29 is 14.6 Å². The Bertz CT molecular complexity index is 747. The number of phenols is 1. The number of para-hydroxylation sites is 1. The van der Waals surface area contributed by atoms with Gasteiger partial charge < -0.3 is 9.84 Å². The fourth-order valence-corrected chi connectivity index (χ4v) is 2.52. The fraction of sp³-hybridized carbons (Fsp3) is 0.263. The number of hydrazone groups is 1. The van der Waals surface area contributed by atoms with E-state index in [1.807, 2.05) is 24.3 Å². The SMILES string of the molecule is CCCCCOc1ccccc1C=NNC(=O)c1cc(Br)ccc1O. The Morgan fingerprint density at radius 2 is 2.08 bits per heavy atom. The van der Waals surface area contributed by atoms with E-state index in [4.69, 9.17) is 4.74 Å². The number of amides is 1. The van der Waals surface area contributed by atoms with Crippen molar-refractivity contribution in [3.8, 4) is 11.5 Å². The van der Waals surface area contributed by atoms with Gasteiger partial charge in [0.15, 0.2) is 0 Å². The highest BCUT2D eigenvalue weighted by molar-refractivity contribution is 9.10. The highest BCUT2D eigenvalue weighted by Crippen LogP contribution is 2.21. The molecule has 0 unspecified atom stereocenters. The maximum Gasteiger partial charge on any atom is 0.275 e. The van der Waals surface area contributed by atoms with Gasteiger partial charge in [-0.1, -0.05) is 47.8 Å². The third kappa shape index (κ3) is 5.90. The van der Waals surface area contributed by atoms with Crippen LogP contribution in [-0.2, 0) is 0 Å². The molecule has 0 saturated heterocycles. The molecule has 0 aliphatic heterocycles. The Hall–Kier alpha value is -2.34. The van der Waals surface area contributed by atoms with Gasteiger partial charge in [0.1, 0.15) is 11.5 Å². The first kappa shape index (κ1) is 19.0. The smallest absolute Gasteiger partial charge is 0.275 e. The van der Waals surface area contributed by atoms with Crippen LogP contribution in [0.15, 0.2) is 52.0 Å². The molecule has 2 aromatic rings. The number of rotatable bonds is 8. The first-order chi connectivity index (χ1) is 12.1. The zero-order valence-corrected chi connectivity index (χ0v) is 15.6. The van der Waals surface area contributed by atoms with E-state index >= 15 is 0 Å². The van der Waals surface area contributed by atoms with E-state index in [1.54, 1.807) is 6.07 Å². The number of hydrogen-bond donors (Lipinski definition) is 2. The van der Waals surface area contributed by atoms with Crippen molar-refractivity contribution in [2.75, 3.05) is 6.61 Å². The van der Waals surface area contributed by atoms with Crippen LogP contribution >= 0.6 is 15.9 Å². The second kappa shape index (κ2) is 9.84. The van der Waals surface area contributed by atoms with Crippen LogP contribution in [0.1, 0.15) is 42.1 Å². The molecular formula is C19H21BrN2O3. The molecule has 0 spiro atoms. The summed E-state index contributed by atoms with van der Waals surface area (Å²) >= 11 is 3.27. The number of benzene rings is 2. The maximum absolute atomic E-state index is 12.1. The number of carbonyl (C=O) groups excluding carboxylic acids is 1. The van der Waals surface area contributed by atoms with Crippen LogP contribution in [0.4, 0.5) is 0 Å². The minimum Gasteiger partial charge on any atom is -0.507 e. The summed E-state index contributed by atoms with van der Waals surface area (Å²) in [5, 5.41) is 13.7. The van der Waals surface area contributed by atoms with Crippen LogP contribution in [0.3, 0.4) is 0 Å². The van der Waals surface area contributed by atoms with Crippen molar-refractivity contribution in [3.05, 3.63) is 58.1 Å². The van der Waals surface area contributed by atoms with Crippen LogP contribution in [0.5, 0.6) is 11.5 Å². The van der Waals surface area contributed by atoms with Gasteiger partial charge in [0.2, 0.25) is 0 Å². The molecule has 0 heterocycles. The van der Waals surface area contributed by atoms with E-state index in [9.17, 15) is 9.90 Å². The second-order valence-electron chi connectivity index (χ2n) is 5.45. The van der Waals surface area contributed by atoms with E-state index in [-0.39, 0.29) is 11.3 Å². The molecule has 2 rings (SSSR count). The first-order valence-electron chi connectivity index (χ1n) is 8.15. The Morgan fingerprint density at radius 3 is 2.88 bits per heavy atom. The number of aromatic hydroxyl groups is 1. The third-order valence-electron chi connectivity index (χ3n) is 3.50. The lowest BCUT2D eigenvalue weighted by Gasteiger charge is -2.08. The van der Waals surface area contributed by atoms with Gasteiger partial charge in [-0.05, 0) is 36.8 Å². The average Bonchev–Trinajstić information content (AvgIpc) is 2.62. The van der Waals surface area contributed by atoms with Crippen molar-refractivity contribution >= 4 is 28.1 Å². The first-order valence-corrected chi connectivity index (χ1v) is 8.95. The van der Waals surface area contributed by atoms with Gasteiger partial charge in [-0.3, -0.25) is 4.79 Å². The highest BCUT2D eigenvalue weighted by atomic mass is 79.9. The van der Waals surface area contributed by atoms with Crippen LogP contribution < -0.4 is 10.2 Å². The van der Waals surface area contributed by atoms with Crippen LogP contribution in [0, 0.1) is 0 Å². The van der Waals surface area contributed by atoms with Gasteiger partial charge in [-0.25, -0.2) is 5.43 Å². The zero-order chi connectivity index (χ0) is 18.1. The number of hydrogen-bond acceptors (Lipinski definition) is 4.